The second-order valence-corrected chi connectivity index (χ2v) is 4.26. The Balaban J connectivity index is 2.68. The van der Waals surface area contributed by atoms with Crippen molar-refractivity contribution in [1.82, 2.24) is 5.32 Å². The summed E-state index contributed by atoms with van der Waals surface area (Å²) in [5, 5.41) is 30.1. The molecular formula is C11H15ClFNO3. The number of nitrogens with one attached hydrogen (secondary N) is 1. The zero-order valence-corrected chi connectivity index (χ0v) is 9.91. The van der Waals surface area contributed by atoms with E-state index in [9.17, 15) is 4.39 Å². The first kappa shape index (κ1) is 14.3. The minimum absolute atomic E-state index is 0.00638. The van der Waals surface area contributed by atoms with Gasteiger partial charge in [-0.15, -0.1) is 0 Å². The van der Waals surface area contributed by atoms with Gasteiger partial charge in [-0.3, -0.25) is 0 Å². The minimum atomic E-state index is -1.15. The van der Waals surface area contributed by atoms with Gasteiger partial charge < -0.3 is 20.6 Å². The van der Waals surface area contributed by atoms with E-state index >= 15 is 0 Å². The van der Waals surface area contributed by atoms with Crippen molar-refractivity contribution in [2.24, 2.45) is 0 Å². The maximum atomic E-state index is 12.9. The van der Waals surface area contributed by atoms with E-state index in [2.05, 4.69) is 5.32 Å². The molecule has 0 aromatic heterocycles. The van der Waals surface area contributed by atoms with Gasteiger partial charge in [0, 0.05) is 6.54 Å². The molecule has 0 amide bonds. The molecule has 0 saturated carbocycles. The highest BCUT2D eigenvalue weighted by atomic mass is 35.5. The van der Waals surface area contributed by atoms with Crippen molar-refractivity contribution >= 4 is 11.6 Å². The zero-order valence-electron chi connectivity index (χ0n) is 9.16. The fraction of sp³-hybridized carbons (Fsp3) is 0.455. The van der Waals surface area contributed by atoms with Crippen LogP contribution in [-0.2, 0) is 6.54 Å². The fourth-order valence-electron chi connectivity index (χ4n) is 1.26. The smallest absolute Gasteiger partial charge is 0.141 e. The molecule has 0 heterocycles. The van der Waals surface area contributed by atoms with Crippen LogP contribution >= 0.6 is 11.6 Å². The standard InChI is InChI=1S/C11H15ClFNO3/c12-9-3-8(1-2-10(9)13)4-14-11(5-15,6-16)7-17/h1-3,14-17H,4-7H2. The van der Waals surface area contributed by atoms with E-state index in [1.807, 2.05) is 0 Å². The molecule has 0 aliphatic rings. The average Bonchev–Trinajstić information content (AvgIpc) is 2.36. The molecule has 0 bridgehead atoms. The number of aliphatic hydroxyl groups is 3. The Morgan fingerprint density at radius 1 is 1.18 bits per heavy atom. The molecule has 0 fully saturated rings. The minimum Gasteiger partial charge on any atom is -0.394 e. The molecule has 0 unspecified atom stereocenters. The van der Waals surface area contributed by atoms with Crippen LogP contribution < -0.4 is 5.32 Å². The van der Waals surface area contributed by atoms with Gasteiger partial charge in [0.05, 0.1) is 30.4 Å². The van der Waals surface area contributed by atoms with E-state index < -0.39 is 31.2 Å². The largest absolute Gasteiger partial charge is 0.394 e. The highest BCUT2D eigenvalue weighted by Crippen LogP contribution is 2.16. The zero-order chi connectivity index (χ0) is 12.9. The molecule has 1 aromatic carbocycles. The van der Waals surface area contributed by atoms with Crippen molar-refractivity contribution < 1.29 is 19.7 Å². The first-order valence-electron chi connectivity index (χ1n) is 5.08. The van der Waals surface area contributed by atoms with E-state index in [-0.39, 0.29) is 11.6 Å². The highest BCUT2D eigenvalue weighted by molar-refractivity contribution is 6.30. The summed E-state index contributed by atoms with van der Waals surface area (Å²) in [5.41, 5.74) is -0.461. The van der Waals surface area contributed by atoms with Crippen LogP contribution in [0.15, 0.2) is 18.2 Å². The Morgan fingerprint density at radius 3 is 2.24 bits per heavy atom. The molecule has 0 atom stereocenters. The van der Waals surface area contributed by atoms with Gasteiger partial charge in [0.15, 0.2) is 0 Å². The van der Waals surface area contributed by atoms with Crippen molar-refractivity contribution in [3.8, 4) is 0 Å². The van der Waals surface area contributed by atoms with Crippen molar-refractivity contribution in [3.63, 3.8) is 0 Å². The van der Waals surface area contributed by atoms with E-state index in [0.717, 1.165) is 0 Å². The number of hydrogen-bond donors (Lipinski definition) is 4. The quantitative estimate of drug-likeness (QED) is 0.595. The summed E-state index contributed by atoms with van der Waals surface area (Å²) in [6.07, 6.45) is 0. The van der Waals surface area contributed by atoms with Crippen LogP contribution in [-0.4, -0.2) is 40.7 Å². The SMILES string of the molecule is OCC(CO)(CO)NCc1ccc(F)c(Cl)c1. The summed E-state index contributed by atoms with van der Waals surface area (Å²) in [6, 6.07) is 4.21. The van der Waals surface area contributed by atoms with Gasteiger partial charge in [0.1, 0.15) is 5.82 Å². The van der Waals surface area contributed by atoms with E-state index in [0.29, 0.717) is 5.56 Å². The number of benzene rings is 1. The topological polar surface area (TPSA) is 72.7 Å². The van der Waals surface area contributed by atoms with Gasteiger partial charge in [0.25, 0.3) is 0 Å². The van der Waals surface area contributed by atoms with Crippen LogP contribution in [0.3, 0.4) is 0 Å². The number of rotatable bonds is 6. The Labute approximate surface area is 104 Å². The molecular weight excluding hydrogens is 249 g/mol. The second kappa shape index (κ2) is 6.28. The van der Waals surface area contributed by atoms with E-state index in [1.54, 1.807) is 0 Å². The summed E-state index contributed by atoms with van der Waals surface area (Å²) >= 11 is 5.61. The molecule has 0 radical (unpaired) electrons. The molecule has 4 N–H and O–H groups in total. The predicted octanol–water partition coefficient (Wildman–Crippen LogP) is 0.284. The van der Waals surface area contributed by atoms with Crippen LogP contribution in [0, 0.1) is 5.82 Å². The lowest BCUT2D eigenvalue weighted by atomic mass is 10.0. The summed E-state index contributed by atoms with van der Waals surface area (Å²) in [7, 11) is 0. The maximum absolute atomic E-state index is 12.9. The van der Waals surface area contributed by atoms with Crippen LogP contribution in [0.4, 0.5) is 4.39 Å². The maximum Gasteiger partial charge on any atom is 0.141 e. The van der Waals surface area contributed by atoms with E-state index in [4.69, 9.17) is 26.9 Å². The Kier molecular flexibility index (Phi) is 5.30. The molecule has 0 saturated heterocycles. The first-order chi connectivity index (χ1) is 8.06. The van der Waals surface area contributed by atoms with Gasteiger partial charge >= 0.3 is 0 Å². The van der Waals surface area contributed by atoms with Crippen molar-refractivity contribution in [3.05, 3.63) is 34.6 Å². The molecule has 0 spiro atoms. The van der Waals surface area contributed by atoms with Gasteiger partial charge in [0.2, 0.25) is 0 Å². The number of hydrogen-bond acceptors (Lipinski definition) is 4. The Morgan fingerprint density at radius 2 is 1.76 bits per heavy atom. The lowest BCUT2D eigenvalue weighted by Gasteiger charge is -2.28. The summed E-state index contributed by atoms with van der Waals surface area (Å²) < 4.78 is 12.9. The van der Waals surface area contributed by atoms with Crippen molar-refractivity contribution in [1.29, 1.82) is 0 Å². The first-order valence-corrected chi connectivity index (χ1v) is 5.46. The fourth-order valence-corrected chi connectivity index (χ4v) is 1.46. The third-order valence-corrected chi connectivity index (χ3v) is 2.85. The van der Waals surface area contributed by atoms with Gasteiger partial charge in [-0.25, -0.2) is 4.39 Å². The molecule has 0 aliphatic heterocycles. The van der Waals surface area contributed by atoms with Gasteiger partial charge in [-0.05, 0) is 17.7 Å². The van der Waals surface area contributed by atoms with E-state index in [1.165, 1.54) is 18.2 Å². The normalized spacial score (nSPS) is 11.8. The van der Waals surface area contributed by atoms with Crippen LogP contribution in [0.2, 0.25) is 5.02 Å². The number of halogens is 2. The lowest BCUT2D eigenvalue weighted by molar-refractivity contribution is 0.0414. The van der Waals surface area contributed by atoms with Crippen molar-refractivity contribution in [2.75, 3.05) is 19.8 Å². The second-order valence-electron chi connectivity index (χ2n) is 3.86. The summed E-state index contributed by atoms with van der Waals surface area (Å²) in [4.78, 5) is 0. The molecule has 1 aromatic rings. The van der Waals surface area contributed by atoms with Crippen LogP contribution in [0.25, 0.3) is 0 Å². The average molecular weight is 264 g/mol. The number of aliphatic hydroxyl groups excluding tert-OH is 3. The van der Waals surface area contributed by atoms with Gasteiger partial charge in [-0.2, -0.15) is 0 Å². The monoisotopic (exact) mass is 263 g/mol. The van der Waals surface area contributed by atoms with Gasteiger partial charge in [-0.1, -0.05) is 17.7 Å². The summed E-state index contributed by atoms with van der Waals surface area (Å²) in [6.45, 7) is -0.972. The predicted molar refractivity (Wildman–Crippen MR) is 62.2 cm³/mol. The third-order valence-electron chi connectivity index (χ3n) is 2.56. The summed E-state index contributed by atoms with van der Waals surface area (Å²) in [5.74, 6) is -0.506. The van der Waals surface area contributed by atoms with Crippen molar-refractivity contribution in [2.45, 2.75) is 12.1 Å². The molecule has 0 aliphatic carbocycles. The Hall–Kier alpha value is -0.720. The lowest BCUT2D eigenvalue weighted by Crippen LogP contribution is -2.54. The molecule has 17 heavy (non-hydrogen) atoms. The molecule has 6 heteroatoms. The molecule has 4 nitrogen and oxygen atoms in total. The van der Waals surface area contributed by atoms with Crippen LogP contribution in [0.5, 0.6) is 0 Å². The third kappa shape index (κ3) is 3.62. The van der Waals surface area contributed by atoms with Crippen LogP contribution in [0.1, 0.15) is 5.56 Å². The molecule has 1 rings (SSSR count). The highest BCUT2D eigenvalue weighted by Gasteiger charge is 2.26. The molecule has 96 valence electrons. The Bertz CT molecular complexity index is 363.